The number of aryl methyl sites for hydroxylation is 1. The SMILES string of the molecule is CCC[C@H](O)[C@H](N)c1ccc(C)c(F)c1F. The van der Waals surface area contributed by atoms with Gasteiger partial charge in [0.25, 0.3) is 0 Å². The van der Waals surface area contributed by atoms with E-state index in [1.807, 2.05) is 6.92 Å². The second kappa shape index (κ2) is 5.37. The fourth-order valence-electron chi connectivity index (χ4n) is 1.60. The molecule has 16 heavy (non-hydrogen) atoms. The summed E-state index contributed by atoms with van der Waals surface area (Å²) in [6.45, 7) is 3.37. The van der Waals surface area contributed by atoms with Gasteiger partial charge >= 0.3 is 0 Å². The van der Waals surface area contributed by atoms with Crippen LogP contribution in [-0.4, -0.2) is 11.2 Å². The number of benzene rings is 1. The number of hydrogen-bond acceptors (Lipinski definition) is 2. The van der Waals surface area contributed by atoms with Crippen molar-refractivity contribution in [3.8, 4) is 0 Å². The highest BCUT2D eigenvalue weighted by Gasteiger charge is 2.21. The summed E-state index contributed by atoms with van der Waals surface area (Å²) in [5, 5.41) is 9.64. The van der Waals surface area contributed by atoms with Gasteiger partial charge in [0.1, 0.15) is 0 Å². The minimum Gasteiger partial charge on any atom is -0.391 e. The Morgan fingerprint density at radius 3 is 2.50 bits per heavy atom. The Balaban J connectivity index is 3.00. The van der Waals surface area contributed by atoms with Crippen molar-refractivity contribution in [3.63, 3.8) is 0 Å². The van der Waals surface area contributed by atoms with Gasteiger partial charge in [0.05, 0.1) is 12.1 Å². The molecule has 2 atom stereocenters. The van der Waals surface area contributed by atoms with Crippen molar-refractivity contribution in [1.82, 2.24) is 0 Å². The van der Waals surface area contributed by atoms with Crippen LogP contribution >= 0.6 is 0 Å². The van der Waals surface area contributed by atoms with Gasteiger partial charge in [-0.05, 0) is 18.9 Å². The van der Waals surface area contributed by atoms with Crippen LogP contribution in [0, 0.1) is 18.6 Å². The molecule has 0 aromatic heterocycles. The largest absolute Gasteiger partial charge is 0.391 e. The Kier molecular flexibility index (Phi) is 4.38. The van der Waals surface area contributed by atoms with E-state index < -0.39 is 23.8 Å². The van der Waals surface area contributed by atoms with E-state index in [1.165, 1.54) is 19.1 Å². The standard InChI is InChI=1S/C12H17F2NO/c1-3-4-9(16)12(15)8-6-5-7(2)10(13)11(8)14/h5-6,9,12,16H,3-4,15H2,1-2H3/t9-,12+/m0/s1. The summed E-state index contributed by atoms with van der Waals surface area (Å²) in [7, 11) is 0. The summed E-state index contributed by atoms with van der Waals surface area (Å²) in [5.74, 6) is -1.85. The summed E-state index contributed by atoms with van der Waals surface area (Å²) in [6.07, 6.45) is 0.364. The van der Waals surface area contributed by atoms with Crippen LogP contribution in [0.4, 0.5) is 8.78 Å². The van der Waals surface area contributed by atoms with Gasteiger partial charge in [0.15, 0.2) is 11.6 Å². The molecular formula is C12H17F2NO. The maximum Gasteiger partial charge on any atom is 0.163 e. The van der Waals surface area contributed by atoms with Crippen LogP contribution in [-0.2, 0) is 0 Å². The Hall–Kier alpha value is -1.00. The molecule has 4 heteroatoms. The van der Waals surface area contributed by atoms with Crippen LogP contribution in [0.1, 0.15) is 36.9 Å². The molecule has 0 unspecified atom stereocenters. The number of rotatable bonds is 4. The van der Waals surface area contributed by atoms with Crippen LogP contribution in [0.25, 0.3) is 0 Å². The van der Waals surface area contributed by atoms with Crippen molar-refractivity contribution < 1.29 is 13.9 Å². The second-order valence-electron chi connectivity index (χ2n) is 3.98. The minimum atomic E-state index is -0.956. The molecule has 0 spiro atoms. The average Bonchev–Trinajstić information content (AvgIpc) is 2.26. The molecular weight excluding hydrogens is 212 g/mol. The summed E-state index contributed by atoms with van der Waals surface area (Å²) >= 11 is 0. The zero-order valence-electron chi connectivity index (χ0n) is 9.50. The van der Waals surface area contributed by atoms with E-state index in [4.69, 9.17) is 5.73 Å². The maximum absolute atomic E-state index is 13.5. The highest BCUT2D eigenvalue weighted by Crippen LogP contribution is 2.23. The molecule has 0 radical (unpaired) electrons. The van der Waals surface area contributed by atoms with Gasteiger partial charge in [0, 0.05) is 5.56 Å². The zero-order chi connectivity index (χ0) is 12.3. The van der Waals surface area contributed by atoms with Crippen molar-refractivity contribution in [2.75, 3.05) is 0 Å². The van der Waals surface area contributed by atoms with Gasteiger partial charge in [-0.15, -0.1) is 0 Å². The van der Waals surface area contributed by atoms with Crippen LogP contribution in [0.2, 0.25) is 0 Å². The van der Waals surface area contributed by atoms with Crippen molar-refractivity contribution in [1.29, 1.82) is 0 Å². The maximum atomic E-state index is 13.5. The van der Waals surface area contributed by atoms with Crippen LogP contribution < -0.4 is 5.73 Å². The Labute approximate surface area is 94.1 Å². The molecule has 0 aliphatic rings. The zero-order valence-corrected chi connectivity index (χ0v) is 9.50. The van der Waals surface area contributed by atoms with E-state index in [0.717, 1.165) is 6.42 Å². The third-order valence-electron chi connectivity index (χ3n) is 2.66. The lowest BCUT2D eigenvalue weighted by Gasteiger charge is -2.19. The minimum absolute atomic E-state index is 0.0315. The Morgan fingerprint density at radius 2 is 1.94 bits per heavy atom. The van der Waals surface area contributed by atoms with Crippen molar-refractivity contribution in [2.45, 2.75) is 38.8 Å². The monoisotopic (exact) mass is 229 g/mol. The molecule has 1 rings (SSSR count). The normalized spacial score (nSPS) is 14.9. The van der Waals surface area contributed by atoms with Gasteiger partial charge in [-0.2, -0.15) is 0 Å². The quantitative estimate of drug-likeness (QED) is 0.833. The average molecular weight is 229 g/mol. The number of halogens is 2. The predicted molar refractivity (Wildman–Crippen MR) is 58.9 cm³/mol. The van der Waals surface area contributed by atoms with E-state index in [2.05, 4.69) is 0 Å². The molecule has 90 valence electrons. The van der Waals surface area contributed by atoms with Crippen molar-refractivity contribution in [3.05, 3.63) is 34.9 Å². The topological polar surface area (TPSA) is 46.2 Å². The van der Waals surface area contributed by atoms with Crippen LogP contribution in [0.3, 0.4) is 0 Å². The Bertz CT molecular complexity index is 368. The molecule has 1 aromatic rings. The third-order valence-corrected chi connectivity index (χ3v) is 2.66. The fourth-order valence-corrected chi connectivity index (χ4v) is 1.60. The summed E-state index contributed by atoms with van der Waals surface area (Å²) in [4.78, 5) is 0. The van der Waals surface area contributed by atoms with Gasteiger partial charge in [0.2, 0.25) is 0 Å². The smallest absolute Gasteiger partial charge is 0.163 e. The van der Waals surface area contributed by atoms with E-state index in [0.29, 0.717) is 6.42 Å². The summed E-state index contributed by atoms with van der Waals surface area (Å²) < 4.78 is 26.8. The number of aliphatic hydroxyl groups excluding tert-OH is 1. The van der Waals surface area contributed by atoms with Gasteiger partial charge in [-0.25, -0.2) is 8.78 Å². The number of aliphatic hydroxyl groups is 1. The van der Waals surface area contributed by atoms with Gasteiger partial charge < -0.3 is 10.8 Å². The molecule has 0 saturated heterocycles. The lowest BCUT2D eigenvalue weighted by Crippen LogP contribution is -2.27. The Morgan fingerprint density at radius 1 is 1.31 bits per heavy atom. The molecule has 0 amide bonds. The first-order valence-corrected chi connectivity index (χ1v) is 5.37. The third kappa shape index (κ3) is 2.57. The highest BCUT2D eigenvalue weighted by molar-refractivity contribution is 5.28. The lowest BCUT2D eigenvalue weighted by atomic mass is 9.97. The molecule has 1 aromatic carbocycles. The van der Waals surface area contributed by atoms with E-state index in [1.54, 1.807) is 0 Å². The van der Waals surface area contributed by atoms with E-state index in [-0.39, 0.29) is 11.1 Å². The first-order valence-electron chi connectivity index (χ1n) is 5.37. The fraction of sp³-hybridized carbons (Fsp3) is 0.500. The van der Waals surface area contributed by atoms with Crippen LogP contribution in [0.5, 0.6) is 0 Å². The first-order chi connectivity index (χ1) is 7.49. The van der Waals surface area contributed by atoms with Crippen LogP contribution in [0.15, 0.2) is 12.1 Å². The second-order valence-corrected chi connectivity index (χ2v) is 3.98. The van der Waals surface area contributed by atoms with Crippen molar-refractivity contribution in [2.24, 2.45) is 5.73 Å². The molecule has 3 N–H and O–H groups in total. The predicted octanol–water partition coefficient (Wildman–Crippen LogP) is 2.43. The van der Waals surface area contributed by atoms with Crippen molar-refractivity contribution >= 4 is 0 Å². The highest BCUT2D eigenvalue weighted by atomic mass is 19.2. The van der Waals surface area contributed by atoms with Gasteiger partial charge in [-0.1, -0.05) is 25.5 Å². The van der Waals surface area contributed by atoms with Gasteiger partial charge in [-0.3, -0.25) is 0 Å². The molecule has 0 bridgehead atoms. The molecule has 0 fully saturated rings. The molecule has 0 aliphatic carbocycles. The lowest BCUT2D eigenvalue weighted by molar-refractivity contribution is 0.132. The first kappa shape index (κ1) is 13.1. The number of nitrogens with two attached hydrogens (primary N) is 1. The summed E-state index contributed by atoms with van der Waals surface area (Å²) in [6, 6.07) is 2.01. The van der Waals surface area contributed by atoms with E-state index >= 15 is 0 Å². The molecule has 0 aliphatic heterocycles. The molecule has 0 heterocycles. The molecule has 0 saturated carbocycles. The molecule has 2 nitrogen and oxygen atoms in total. The number of hydrogen-bond donors (Lipinski definition) is 2. The van der Waals surface area contributed by atoms with E-state index in [9.17, 15) is 13.9 Å². The summed E-state index contributed by atoms with van der Waals surface area (Å²) in [5.41, 5.74) is 5.95.